The zero-order valence-corrected chi connectivity index (χ0v) is 12.4. The molecule has 0 aliphatic carbocycles. The SMILES string of the molecule is CCCC[C@H](NC(=O)c1ccc2nc(N)sc2c1)C(=O)O. The number of unbranched alkanes of at least 4 members (excludes halogenated alkanes) is 1. The Bertz CT molecular complexity index is 669. The van der Waals surface area contributed by atoms with Gasteiger partial charge in [0, 0.05) is 5.56 Å². The average Bonchev–Trinajstić information content (AvgIpc) is 2.81. The lowest BCUT2D eigenvalue weighted by atomic mass is 10.1. The first-order valence-electron chi connectivity index (χ1n) is 6.71. The highest BCUT2D eigenvalue weighted by Gasteiger charge is 2.20. The zero-order chi connectivity index (χ0) is 15.4. The molecule has 1 aromatic heterocycles. The van der Waals surface area contributed by atoms with Crippen LogP contribution in [0.3, 0.4) is 0 Å². The monoisotopic (exact) mass is 307 g/mol. The minimum atomic E-state index is -1.01. The van der Waals surface area contributed by atoms with Gasteiger partial charge in [-0.25, -0.2) is 9.78 Å². The maximum Gasteiger partial charge on any atom is 0.326 e. The van der Waals surface area contributed by atoms with Crippen molar-refractivity contribution in [3.8, 4) is 0 Å². The van der Waals surface area contributed by atoms with Gasteiger partial charge >= 0.3 is 5.97 Å². The first-order valence-corrected chi connectivity index (χ1v) is 7.52. The minimum absolute atomic E-state index is 0.396. The Balaban J connectivity index is 2.14. The highest BCUT2D eigenvalue weighted by molar-refractivity contribution is 7.22. The van der Waals surface area contributed by atoms with E-state index in [4.69, 9.17) is 10.8 Å². The number of benzene rings is 1. The second kappa shape index (κ2) is 6.53. The molecule has 1 amide bonds. The number of carboxylic acids is 1. The molecule has 0 spiro atoms. The highest BCUT2D eigenvalue weighted by Crippen LogP contribution is 2.24. The number of thiazole rings is 1. The van der Waals surface area contributed by atoms with Crippen LogP contribution in [0, 0.1) is 0 Å². The van der Waals surface area contributed by atoms with Gasteiger partial charge in [-0.1, -0.05) is 31.1 Å². The van der Waals surface area contributed by atoms with E-state index >= 15 is 0 Å². The summed E-state index contributed by atoms with van der Waals surface area (Å²) in [6, 6.07) is 4.14. The smallest absolute Gasteiger partial charge is 0.326 e. The number of anilines is 1. The van der Waals surface area contributed by atoms with Gasteiger partial charge in [0.05, 0.1) is 10.2 Å². The molecule has 2 rings (SSSR count). The van der Waals surface area contributed by atoms with Gasteiger partial charge in [-0.3, -0.25) is 4.79 Å². The third-order valence-electron chi connectivity index (χ3n) is 3.12. The molecule has 1 heterocycles. The van der Waals surface area contributed by atoms with Gasteiger partial charge in [-0.05, 0) is 24.6 Å². The van der Waals surface area contributed by atoms with Crippen molar-refractivity contribution in [3.05, 3.63) is 23.8 Å². The van der Waals surface area contributed by atoms with E-state index < -0.39 is 17.9 Å². The maximum atomic E-state index is 12.2. The Hall–Kier alpha value is -2.15. The molecule has 0 fully saturated rings. The third kappa shape index (κ3) is 3.69. The predicted octanol–water partition coefficient (Wildman–Crippen LogP) is 2.25. The number of aromatic nitrogens is 1. The van der Waals surface area contributed by atoms with E-state index in [9.17, 15) is 9.59 Å². The van der Waals surface area contributed by atoms with Gasteiger partial charge in [0.1, 0.15) is 6.04 Å². The molecule has 0 bridgehead atoms. The number of nitrogens with zero attached hydrogens (tertiary/aromatic N) is 1. The fraction of sp³-hybridized carbons (Fsp3) is 0.357. The van der Waals surface area contributed by atoms with Crippen LogP contribution in [0.15, 0.2) is 18.2 Å². The normalized spacial score (nSPS) is 12.2. The molecule has 0 aliphatic heterocycles. The second-order valence-corrected chi connectivity index (χ2v) is 5.80. The van der Waals surface area contributed by atoms with E-state index in [-0.39, 0.29) is 0 Å². The number of nitrogens with one attached hydrogen (secondary N) is 1. The molecule has 2 aromatic rings. The number of rotatable bonds is 6. The van der Waals surface area contributed by atoms with Crippen LogP contribution in [0.4, 0.5) is 5.13 Å². The van der Waals surface area contributed by atoms with Gasteiger partial charge in [-0.2, -0.15) is 0 Å². The number of hydrogen-bond acceptors (Lipinski definition) is 5. The van der Waals surface area contributed by atoms with Crippen molar-refractivity contribution in [2.75, 3.05) is 5.73 Å². The topological polar surface area (TPSA) is 105 Å². The number of amides is 1. The first-order chi connectivity index (χ1) is 10.0. The summed E-state index contributed by atoms with van der Waals surface area (Å²) in [6.45, 7) is 1.98. The van der Waals surface area contributed by atoms with E-state index in [1.54, 1.807) is 18.2 Å². The molecule has 7 heteroatoms. The second-order valence-electron chi connectivity index (χ2n) is 4.74. The van der Waals surface area contributed by atoms with Crippen LogP contribution in [0.5, 0.6) is 0 Å². The van der Waals surface area contributed by atoms with Crippen LogP contribution < -0.4 is 11.1 Å². The summed E-state index contributed by atoms with van der Waals surface area (Å²) in [5.41, 5.74) is 6.76. The summed E-state index contributed by atoms with van der Waals surface area (Å²) < 4.78 is 0.806. The molecule has 0 unspecified atom stereocenters. The lowest BCUT2D eigenvalue weighted by molar-refractivity contribution is -0.139. The number of nitrogens with two attached hydrogens (primary N) is 1. The largest absolute Gasteiger partial charge is 0.480 e. The van der Waals surface area contributed by atoms with Crippen molar-refractivity contribution in [1.82, 2.24) is 10.3 Å². The Morgan fingerprint density at radius 2 is 2.24 bits per heavy atom. The number of aliphatic carboxylic acids is 1. The Kier molecular flexibility index (Phi) is 4.74. The summed E-state index contributed by atoms with van der Waals surface area (Å²) >= 11 is 1.29. The van der Waals surface area contributed by atoms with Crippen molar-refractivity contribution in [1.29, 1.82) is 0 Å². The minimum Gasteiger partial charge on any atom is -0.480 e. The van der Waals surface area contributed by atoms with Crippen molar-refractivity contribution in [2.24, 2.45) is 0 Å². The molecular formula is C14H17N3O3S. The third-order valence-corrected chi connectivity index (χ3v) is 3.96. The fourth-order valence-electron chi connectivity index (χ4n) is 1.99. The van der Waals surface area contributed by atoms with Gasteiger partial charge in [0.2, 0.25) is 0 Å². The molecule has 4 N–H and O–H groups in total. The summed E-state index contributed by atoms with van der Waals surface area (Å²) in [4.78, 5) is 27.4. The fourth-order valence-corrected chi connectivity index (χ4v) is 2.76. The van der Waals surface area contributed by atoms with Gasteiger partial charge < -0.3 is 16.2 Å². The number of carbonyl (C=O) groups excluding carboxylic acids is 1. The van der Waals surface area contributed by atoms with Gasteiger partial charge in [0.25, 0.3) is 5.91 Å². The van der Waals surface area contributed by atoms with Crippen LogP contribution in [0.25, 0.3) is 10.2 Å². The van der Waals surface area contributed by atoms with E-state index in [0.717, 1.165) is 23.1 Å². The molecule has 0 aliphatic rings. The summed E-state index contributed by atoms with van der Waals surface area (Å²) in [5, 5.41) is 12.1. The molecule has 6 nitrogen and oxygen atoms in total. The zero-order valence-electron chi connectivity index (χ0n) is 11.6. The van der Waals surface area contributed by atoms with E-state index in [2.05, 4.69) is 10.3 Å². The lowest BCUT2D eigenvalue weighted by Crippen LogP contribution is -2.40. The lowest BCUT2D eigenvalue weighted by Gasteiger charge is -2.14. The van der Waals surface area contributed by atoms with Crippen LogP contribution in [0.1, 0.15) is 36.5 Å². The number of fused-ring (bicyclic) bond motifs is 1. The summed E-state index contributed by atoms with van der Waals surface area (Å²) in [6.07, 6.45) is 2.06. The van der Waals surface area contributed by atoms with Crippen molar-refractivity contribution in [2.45, 2.75) is 32.2 Å². The van der Waals surface area contributed by atoms with Crippen LogP contribution in [-0.2, 0) is 4.79 Å². The quantitative estimate of drug-likeness (QED) is 0.759. The number of nitrogen functional groups attached to an aromatic ring is 1. The highest BCUT2D eigenvalue weighted by atomic mass is 32.1. The van der Waals surface area contributed by atoms with E-state index in [0.29, 0.717) is 17.1 Å². The van der Waals surface area contributed by atoms with Gasteiger partial charge in [-0.15, -0.1) is 0 Å². The molecule has 0 radical (unpaired) electrons. The maximum absolute atomic E-state index is 12.2. The van der Waals surface area contributed by atoms with Gasteiger partial charge in [0.15, 0.2) is 5.13 Å². The molecular weight excluding hydrogens is 290 g/mol. The summed E-state index contributed by atoms with van der Waals surface area (Å²) in [7, 11) is 0. The molecule has 0 saturated carbocycles. The number of carbonyl (C=O) groups is 2. The molecule has 1 aromatic carbocycles. The molecule has 0 saturated heterocycles. The Morgan fingerprint density at radius 3 is 2.90 bits per heavy atom. The number of hydrogen-bond donors (Lipinski definition) is 3. The van der Waals surface area contributed by atoms with Crippen LogP contribution in [-0.4, -0.2) is 28.0 Å². The Morgan fingerprint density at radius 1 is 1.48 bits per heavy atom. The van der Waals surface area contributed by atoms with Crippen LogP contribution >= 0.6 is 11.3 Å². The standard InChI is InChI=1S/C14H17N3O3S/c1-2-3-4-10(13(19)20)16-12(18)8-5-6-9-11(7-8)21-14(15)17-9/h5-7,10H,2-4H2,1H3,(H2,15,17)(H,16,18)(H,19,20)/t10-/m0/s1. The molecule has 112 valence electrons. The van der Waals surface area contributed by atoms with Crippen molar-refractivity contribution < 1.29 is 14.7 Å². The molecule has 21 heavy (non-hydrogen) atoms. The molecule has 1 atom stereocenters. The van der Waals surface area contributed by atoms with Crippen molar-refractivity contribution in [3.63, 3.8) is 0 Å². The average molecular weight is 307 g/mol. The Labute approximate surface area is 126 Å². The number of carboxylic acid groups (broad SMARTS) is 1. The van der Waals surface area contributed by atoms with Crippen molar-refractivity contribution >= 4 is 38.6 Å². The van der Waals surface area contributed by atoms with Crippen LogP contribution in [0.2, 0.25) is 0 Å². The van der Waals surface area contributed by atoms with E-state index in [1.165, 1.54) is 11.3 Å². The van der Waals surface area contributed by atoms with E-state index in [1.807, 2.05) is 6.92 Å². The summed E-state index contributed by atoms with van der Waals surface area (Å²) in [5.74, 6) is -1.41. The predicted molar refractivity (Wildman–Crippen MR) is 82.4 cm³/mol. The first kappa shape index (κ1) is 15.2.